The zero-order chi connectivity index (χ0) is 18.1. The van der Waals surface area contributed by atoms with Gasteiger partial charge in [0.25, 0.3) is 5.56 Å². The Morgan fingerprint density at radius 2 is 2.00 bits per heavy atom. The van der Waals surface area contributed by atoms with Gasteiger partial charge < -0.3 is 9.84 Å². The van der Waals surface area contributed by atoms with Crippen molar-refractivity contribution in [3.8, 4) is 17.2 Å². The number of methoxy groups -OCH3 is 1. The molecular weight excluding hydrogens is 363 g/mol. The lowest BCUT2D eigenvalue weighted by molar-refractivity contribution is 0.373. The summed E-state index contributed by atoms with van der Waals surface area (Å²) in [5.74, 6) is 0.269. The van der Waals surface area contributed by atoms with Crippen molar-refractivity contribution in [2.24, 2.45) is 0 Å². The molecule has 0 saturated carbocycles. The third-order valence-electron chi connectivity index (χ3n) is 3.72. The Kier molecular flexibility index (Phi) is 4.61. The molecule has 25 heavy (non-hydrogen) atoms. The fraction of sp³-hybridized carbons (Fsp3) is 0.0556. The van der Waals surface area contributed by atoms with Gasteiger partial charge in [0, 0.05) is 5.56 Å². The molecule has 5 nitrogen and oxygen atoms in total. The minimum Gasteiger partial charge on any atom is -0.504 e. The molecule has 3 rings (SSSR count). The van der Waals surface area contributed by atoms with Crippen LogP contribution in [-0.2, 0) is 0 Å². The SMILES string of the molecule is C=c1[nH]n(-c2ccc(Cl)c(Cl)c2)c(=O)/c1=C\c1cccc(OC)c1O. The van der Waals surface area contributed by atoms with E-state index < -0.39 is 0 Å². The largest absolute Gasteiger partial charge is 0.504 e. The quantitative estimate of drug-likeness (QED) is 0.737. The number of benzene rings is 2. The minimum atomic E-state index is -0.328. The second-order valence-electron chi connectivity index (χ2n) is 5.29. The lowest BCUT2D eigenvalue weighted by Crippen LogP contribution is -2.33. The summed E-state index contributed by atoms with van der Waals surface area (Å²) in [5.41, 5.74) is 0.645. The molecule has 2 aromatic carbocycles. The molecule has 0 aliphatic heterocycles. The summed E-state index contributed by atoms with van der Waals surface area (Å²) in [7, 11) is 1.46. The van der Waals surface area contributed by atoms with Crippen LogP contribution >= 0.6 is 23.2 Å². The van der Waals surface area contributed by atoms with Gasteiger partial charge in [0.2, 0.25) is 0 Å². The van der Waals surface area contributed by atoms with E-state index in [1.807, 2.05) is 0 Å². The number of aromatic amines is 1. The Labute approximate surface area is 153 Å². The van der Waals surface area contributed by atoms with Crippen LogP contribution in [0.4, 0.5) is 0 Å². The number of para-hydroxylation sites is 1. The second kappa shape index (κ2) is 6.70. The van der Waals surface area contributed by atoms with Crippen LogP contribution in [0.25, 0.3) is 18.3 Å². The standard InChI is InChI=1S/C18H14Cl2N2O3/c1-10-13(8-11-4-3-5-16(25-2)17(11)23)18(24)22(21-10)12-6-7-14(19)15(20)9-12/h3-9,21,23H,1H2,2H3/b13-8-. The summed E-state index contributed by atoms with van der Waals surface area (Å²) in [5, 5.41) is 14.5. The Morgan fingerprint density at radius 1 is 1.24 bits per heavy atom. The molecule has 0 radical (unpaired) electrons. The van der Waals surface area contributed by atoms with Crippen LogP contribution in [0.3, 0.4) is 0 Å². The van der Waals surface area contributed by atoms with Crippen molar-refractivity contribution in [2.45, 2.75) is 0 Å². The highest BCUT2D eigenvalue weighted by Crippen LogP contribution is 2.29. The smallest absolute Gasteiger partial charge is 0.279 e. The lowest BCUT2D eigenvalue weighted by Gasteiger charge is -2.04. The van der Waals surface area contributed by atoms with Crippen LogP contribution in [-0.4, -0.2) is 22.0 Å². The summed E-state index contributed by atoms with van der Waals surface area (Å²) in [4.78, 5) is 12.7. The highest BCUT2D eigenvalue weighted by atomic mass is 35.5. The molecule has 2 N–H and O–H groups in total. The van der Waals surface area contributed by atoms with Gasteiger partial charge in [-0.2, -0.15) is 0 Å². The van der Waals surface area contributed by atoms with E-state index in [4.69, 9.17) is 27.9 Å². The number of phenolic OH excluding ortho intramolecular Hbond substituents is 1. The molecule has 0 spiro atoms. The Hall–Kier alpha value is -2.63. The molecule has 3 aromatic rings. The average molecular weight is 377 g/mol. The molecule has 0 atom stereocenters. The van der Waals surface area contributed by atoms with Crippen LogP contribution in [0.15, 0.2) is 41.2 Å². The molecular formula is C18H14Cl2N2O3. The van der Waals surface area contributed by atoms with Crippen molar-refractivity contribution in [1.29, 1.82) is 0 Å². The normalized spacial score (nSPS) is 11.7. The molecule has 0 fully saturated rings. The molecule has 1 aromatic heterocycles. The van der Waals surface area contributed by atoms with Crippen LogP contribution in [0, 0.1) is 0 Å². The highest BCUT2D eigenvalue weighted by Gasteiger charge is 2.09. The maximum Gasteiger partial charge on any atom is 0.279 e. The number of hydrogen-bond acceptors (Lipinski definition) is 3. The molecule has 7 heteroatoms. The van der Waals surface area contributed by atoms with Gasteiger partial charge in [-0.25, -0.2) is 4.68 Å². The van der Waals surface area contributed by atoms with Crippen LogP contribution < -0.4 is 20.9 Å². The predicted octanol–water partition coefficient (Wildman–Crippen LogP) is 2.43. The van der Waals surface area contributed by atoms with Crippen molar-refractivity contribution in [3.05, 3.63) is 72.9 Å². The molecule has 0 unspecified atom stereocenters. The molecule has 0 saturated heterocycles. The van der Waals surface area contributed by atoms with Gasteiger partial charge >= 0.3 is 0 Å². The topological polar surface area (TPSA) is 67.2 Å². The summed E-state index contributed by atoms with van der Waals surface area (Å²) in [6.45, 7) is 3.86. The number of nitrogens with one attached hydrogen (secondary N) is 1. The fourth-order valence-electron chi connectivity index (χ4n) is 2.43. The van der Waals surface area contributed by atoms with E-state index in [0.717, 1.165) is 0 Å². The lowest BCUT2D eigenvalue weighted by atomic mass is 10.1. The van der Waals surface area contributed by atoms with Gasteiger partial charge in [-0.1, -0.05) is 41.9 Å². The van der Waals surface area contributed by atoms with E-state index in [1.54, 1.807) is 42.5 Å². The third-order valence-corrected chi connectivity index (χ3v) is 4.46. The van der Waals surface area contributed by atoms with Gasteiger partial charge in [0.05, 0.1) is 33.4 Å². The number of rotatable bonds is 3. The first kappa shape index (κ1) is 17.2. The monoisotopic (exact) mass is 376 g/mol. The number of nitrogens with zero attached hydrogens (tertiary/aromatic N) is 1. The number of hydrogen-bond donors (Lipinski definition) is 2. The summed E-state index contributed by atoms with van der Waals surface area (Å²) in [6, 6.07) is 9.87. The average Bonchev–Trinajstić information content (AvgIpc) is 2.87. The summed E-state index contributed by atoms with van der Waals surface area (Å²) < 4.78 is 6.39. The highest BCUT2D eigenvalue weighted by molar-refractivity contribution is 6.42. The molecule has 128 valence electrons. The van der Waals surface area contributed by atoms with Crippen molar-refractivity contribution < 1.29 is 9.84 Å². The molecule has 0 aliphatic carbocycles. The first-order valence-electron chi connectivity index (χ1n) is 7.25. The van der Waals surface area contributed by atoms with E-state index in [9.17, 15) is 9.90 Å². The Balaban J connectivity index is 2.20. The van der Waals surface area contributed by atoms with Gasteiger partial charge in [0.15, 0.2) is 11.5 Å². The second-order valence-corrected chi connectivity index (χ2v) is 6.10. The third kappa shape index (κ3) is 3.16. The Bertz CT molecular complexity index is 1120. The number of halogens is 2. The van der Waals surface area contributed by atoms with Crippen LogP contribution in [0.5, 0.6) is 11.5 Å². The molecule has 0 aliphatic rings. The van der Waals surface area contributed by atoms with Gasteiger partial charge in [-0.3, -0.25) is 9.89 Å². The van der Waals surface area contributed by atoms with Gasteiger partial charge in [-0.05, 0) is 30.3 Å². The minimum absolute atomic E-state index is 0.0499. The predicted molar refractivity (Wildman–Crippen MR) is 99.4 cm³/mol. The number of H-pyrrole nitrogens is 1. The van der Waals surface area contributed by atoms with Gasteiger partial charge in [0.1, 0.15) is 0 Å². The number of phenols is 1. The molecule has 0 amide bonds. The number of ether oxygens (including phenoxy) is 1. The van der Waals surface area contributed by atoms with Gasteiger partial charge in [-0.15, -0.1) is 0 Å². The number of aromatic nitrogens is 2. The summed E-state index contributed by atoms with van der Waals surface area (Å²) in [6.07, 6.45) is 1.55. The van der Waals surface area contributed by atoms with E-state index >= 15 is 0 Å². The van der Waals surface area contributed by atoms with E-state index in [2.05, 4.69) is 11.7 Å². The zero-order valence-corrected chi connectivity index (χ0v) is 14.7. The Morgan fingerprint density at radius 3 is 2.68 bits per heavy atom. The fourth-order valence-corrected chi connectivity index (χ4v) is 2.72. The van der Waals surface area contributed by atoms with Crippen LogP contribution in [0.1, 0.15) is 5.56 Å². The molecule has 0 bridgehead atoms. The zero-order valence-electron chi connectivity index (χ0n) is 13.2. The first-order chi connectivity index (χ1) is 11.9. The van der Waals surface area contributed by atoms with Crippen molar-refractivity contribution in [2.75, 3.05) is 7.11 Å². The van der Waals surface area contributed by atoms with Crippen molar-refractivity contribution >= 4 is 35.9 Å². The van der Waals surface area contributed by atoms with Crippen molar-refractivity contribution in [1.82, 2.24) is 9.78 Å². The number of aromatic hydroxyl groups is 1. The van der Waals surface area contributed by atoms with Crippen molar-refractivity contribution in [3.63, 3.8) is 0 Å². The molecule has 1 heterocycles. The summed E-state index contributed by atoms with van der Waals surface area (Å²) >= 11 is 11.9. The first-order valence-corrected chi connectivity index (χ1v) is 8.01. The van der Waals surface area contributed by atoms with E-state index in [-0.39, 0.29) is 11.3 Å². The van der Waals surface area contributed by atoms with E-state index in [0.29, 0.717) is 37.6 Å². The maximum absolute atomic E-state index is 12.7. The van der Waals surface area contributed by atoms with Crippen LogP contribution in [0.2, 0.25) is 10.0 Å². The maximum atomic E-state index is 12.7. The van der Waals surface area contributed by atoms with E-state index in [1.165, 1.54) is 11.8 Å².